The van der Waals surface area contributed by atoms with Crippen LogP contribution < -0.4 is 5.32 Å². The lowest BCUT2D eigenvalue weighted by Gasteiger charge is -2.10. The van der Waals surface area contributed by atoms with Crippen LogP contribution in [0.15, 0.2) is 30.3 Å². The summed E-state index contributed by atoms with van der Waals surface area (Å²) in [5.74, 6) is -0.608. The third-order valence-corrected chi connectivity index (χ3v) is 2.20. The molecule has 0 saturated heterocycles. The van der Waals surface area contributed by atoms with E-state index < -0.39 is 24.3 Å². The number of hydrogen-bond acceptors (Lipinski definition) is 1. The van der Waals surface area contributed by atoms with Gasteiger partial charge in [0.25, 0.3) is 6.43 Å². The first kappa shape index (κ1) is 11.9. The van der Waals surface area contributed by atoms with Crippen LogP contribution in [0.3, 0.4) is 0 Å². The van der Waals surface area contributed by atoms with Crippen molar-refractivity contribution >= 4 is 17.5 Å². The largest absolute Gasteiger partial charge is 0.349 e. The van der Waals surface area contributed by atoms with Gasteiger partial charge in [0, 0.05) is 0 Å². The van der Waals surface area contributed by atoms with Crippen molar-refractivity contribution in [3.63, 3.8) is 0 Å². The van der Waals surface area contributed by atoms with Gasteiger partial charge in [-0.3, -0.25) is 4.79 Å². The highest BCUT2D eigenvalue weighted by Crippen LogP contribution is 2.19. The van der Waals surface area contributed by atoms with Gasteiger partial charge in [-0.05, 0) is 5.56 Å². The molecular formula is C10H10ClF2NO. The summed E-state index contributed by atoms with van der Waals surface area (Å²) in [6.07, 6.45) is -2.56. The van der Waals surface area contributed by atoms with E-state index in [2.05, 4.69) is 5.32 Å². The smallest absolute Gasteiger partial charge is 0.255 e. The van der Waals surface area contributed by atoms with Crippen LogP contribution in [0, 0.1) is 0 Å². The zero-order valence-electron chi connectivity index (χ0n) is 7.79. The van der Waals surface area contributed by atoms with Crippen LogP contribution in [-0.4, -0.2) is 18.9 Å². The third-order valence-electron chi connectivity index (χ3n) is 1.75. The molecule has 0 aromatic heterocycles. The Bertz CT molecular complexity index is 318. The first-order valence-corrected chi connectivity index (χ1v) is 4.80. The molecule has 0 saturated carbocycles. The van der Waals surface area contributed by atoms with Crippen molar-refractivity contribution in [3.8, 4) is 0 Å². The topological polar surface area (TPSA) is 29.1 Å². The van der Waals surface area contributed by atoms with Crippen molar-refractivity contribution in [2.75, 3.05) is 6.54 Å². The molecule has 0 bridgehead atoms. The lowest BCUT2D eigenvalue weighted by molar-refractivity contribution is -0.121. The van der Waals surface area contributed by atoms with Crippen LogP contribution in [0.25, 0.3) is 0 Å². The summed E-state index contributed by atoms with van der Waals surface area (Å²) >= 11 is 5.78. The second-order valence-electron chi connectivity index (χ2n) is 2.91. The molecule has 1 aromatic rings. The molecule has 0 fully saturated rings. The number of halogens is 3. The van der Waals surface area contributed by atoms with Crippen molar-refractivity contribution in [2.45, 2.75) is 11.8 Å². The summed E-state index contributed by atoms with van der Waals surface area (Å²) in [7, 11) is 0. The van der Waals surface area contributed by atoms with Crippen molar-refractivity contribution in [3.05, 3.63) is 35.9 Å². The van der Waals surface area contributed by atoms with Crippen LogP contribution in [0.4, 0.5) is 8.78 Å². The van der Waals surface area contributed by atoms with E-state index in [9.17, 15) is 13.6 Å². The maximum absolute atomic E-state index is 11.8. The van der Waals surface area contributed by atoms with Gasteiger partial charge in [0.1, 0.15) is 5.38 Å². The van der Waals surface area contributed by atoms with Crippen molar-refractivity contribution in [1.82, 2.24) is 5.32 Å². The monoisotopic (exact) mass is 233 g/mol. The van der Waals surface area contributed by atoms with E-state index >= 15 is 0 Å². The molecule has 1 aromatic carbocycles. The summed E-state index contributed by atoms with van der Waals surface area (Å²) in [6, 6.07) is 8.57. The summed E-state index contributed by atoms with van der Waals surface area (Å²) in [4.78, 5) is 11.3. The van der Waals surface area contributed by atoms with Gasteiger partial charge in [-0.1, -0.05) is 30.3 Å². The highest BCUT2D eigenvalue weighted by molar-refractivity contribution is 6.30. The average Bonchev–Trinajstić information content (AvgIpc) is 2.26. The van der Waals surface area contributed by atoms with E-state index in [0.29, 0.717) is 5.56 Å². The Kier molecular flexibility index (Phi) is 4.49. The molecule has 0 spiro atoms. The molecule has 1 N–H and O–H groups in total. The van der Waals surface area contributed by atoms with E-state index in [1.165, 1.54) is 0 Å². The molecule has 15 heavy (non-hydrogen) atoms. The lowest BCUT2D eigenvalue weighted by atomic mass is 10.1. The number of rotatable bonds is 4. The Balaban J connectivity index is 2.54. The van der Waals surface area contributed by atoms with Crippen LogP contribution in [-0.2, 0) is 4.79 Å². The Morgan fingerprint density at radius 3 is 2.47 bits per heavy atom. The van der Waals surface area contributed by atoms with Gasteiger partial charge in [0.2, 0.25) is 5.91 Å². The number of benzene rings is 1. The Morgan fingerprint density at radius 1 is 1.33 bits per heavy atom. The maximum atomic E-state index is 11.8. The summed E-state index contributed by atoms with van der Waals surface area (Å²) < 4.78 is 23.6. The minimum atomic E-state index is -2.56. The van der Waals surface area contributed by atoms with E-state index in [1.54, 1.807) is 30.3 Å². The number of alkyl halides is 3. The first-order chi connectivity index (χ1) is 7.11. The fourth-order valence-corrected chi connectivity index (χ4v) is 1.26. The zero-order valence-corrected chi connectivity index (χ0v) is 8.55. The van der Waals surface area contributed by atoms with E-state index in [4.69, 9.17) is 11.6 Å². The SMILES string of the molecule is O=C(NCC(F)F)C(Cl)c1ccccc1. The standard InChI is InChI=1S/C10H10ClF2NO/c11-9(7-4-2-1-3-5-7)10(15)14-6-8(12)13/h1-5,8-9H,6H2,(H,14,15). The molecule has 1 unspecified atom stereocenters. The van der Waals surface area contributed by atoms with Gasteiger partial charge in [-0.2, -0.15) is 0 Å². The lowest BCUT2D eigenvalue weighted by Crippen LogP contribution is -2.31. The molecule has 1 rings (SSSR count). The number of nitrogens with one attached hydrogen (secondary N) is 1. The Hall–Kier alpha value is -1.16. The van der Waals surface area contributed by atoms with Gasteiger partial charge in [-0.15, -0.1) is 11.6 Å². The summed E-state index contributed by atoms with van der Waals surface area (Å²) in [5.41, 5.74) is 0.589. The second kappa shape index (κ2) is 5.66. The van der Waals surface area contributed by atoms with Crippen LogP contribution >= 0.6 is 11.6 Å². The van der Waals surface area contributed by atoms with Crippen molar-refractivity contribution in [2.24, 2.45) is 0 Å². The van der Waals surface area contributed by atoms with Gasteiger partial charge in [0.05, 0.1) is 6.54 Å². The zero-order chi connectivity index (χ0) is 11.3. The number of hydrogen-bond donors (Lipinski definition) is 1. The Labute approximate surface area is 91.2 Å². The number of carbonyl (C=O) groups excluding carboxylic acids is 1. The average molecular weight is 234 g/mol. The number of amides is 1. The van der Waals surface area contributed by atoms with E-state index in [-0.39, 0.29) is 0 Å². The fourth-order valence-electron chi connectivity index (χ4n) is 1.04. The molecule has 1 amide bonds. The van der Waals surface area contributed by atoms with Crippen LogP contribution in [0.1, 0.15) is 10.9 Å². The minimum absolute atomic E-state index is 0.589. The maximum Gasteiger partial charge on any atom is 0.255 e. The molecule has 0 aliphatic rings. The summed E-state index contributed by atoms with van der Waals surface area (Å²) in [5, 5.41) is 1.13. The molecule has 1 atom stereocenters. The Morgan fingerprint density at radius 2 is 1.93 bits per heavy atom. The van der Waals surface area contributed by atoms with Gasteiger partial charge >= 0.3 is 0 Å². The first-order valence-electron chi connectivity index (χ1n) is 4.36. The van der Waals surface area contributed by atoms with Crippen LogP contribution in [0.2, 0.25) is 0 Å². The van der Waals surface area contributed by atoms with Crippen molar-refractivity contribution in [1.29, 1.82) is 0 Å². The molecule has 0 aliphatic carbocycles. The molecule has 2 nitrogen and oxygen atoms in total. The highest BCUT2D eigenvalue weighted by Gasteiger charge is 2.17. The minimum Gasteiger partial charge on any atom is -0.349 e. The summed E-state index contributed by atoms with van der Waals surface area (Å²) in [6.45, 7) is -0.672. The predicted molar refractivity (Wildman–Crippen MR) is 54.0 cm³/mol. The van der Waals surface area contributed by atoms with Gasteiger partial charge in [-0.25, -0.2) is 8.78 Å². The normalized spacial score (nSPS) is 12.5. The predicted octanol–water partition coefficient (Wildman–Crippen LogP) is 2.35. The van der Waals surface area contributed by atoms with E-state index in [1.807, 2.05) is 0 Å². The van der Waals surface area contributed by atoms with Gasteiger partial charge in [0.15, 0.2) is 0 Å². The molecule has 0 heterocycles. The molecule has 0 aliphatic heterocycles. The molecule has 5 heteroatoms. The van der Waals surface area contributed by atoms with E-state index in [0.717, 1.165) is 0 Å². The van der Waals surface area contributed by atoms with Crippen molar-refractivity contribution < 1.29 is 13.6 Å². The molecule has 82 valence electrons. The second-order valence-corrected chi connectivity index (χ2v) is 3.35. The third kappa shape index (κ3) is 3.83. The van der Waals surface area contributed by atoms with Crippen LogP contribution in [0.5, 0.6) is 0 Å². The number of carbonyl (C=O) groups is 1. The fraction of sp³-hybridized carbons (Fsp3) is 0.300. The highest BCUT2D eigenvalue weighted by atomic mass is 35.5. The van der Waals surface area contributed by atoms with Gasteiger partial charge < -0.3 is 5.32 Å². The molecular weight excluding hydrogens is 224 g/mol. The molecule has 0 radical (unpaired) electrons. The quantitative estimate of drug-likeness (QED) is 0.795.